The Labute approximate surface area is 84.4 Å². The number of nitrogens with zero attached hydrogens (tertiary/aromatic N) is 1. The molecule has 14 heavy (non-hydrogen) atoms. The molecule has 4 heteroatoms. The number of nitrogens with two attached hydrogens (primary N) is 1. The molecule has 1 heterocycles. The van der Waals surface area contributed by atoms with Gasteiger partial charge in [-0.1, -0.05) is 0 Å². The number of amides is 1. The van der Waals surface area contributed by atoms with Crippen molar-refractivity contribution in [2.24, 2.45) is 11.7 Å². The van der Waals surface area contributed by atoms with Crippen molar-refractivity contribution in [1.82, 2.24) is 4.90 Å². The maximum atomic E-state index is 12.0. The number of carbonyl (C=O) groups excluding carboxylic acids is 1. The van der Waals surface area contributed by atoms with Crippen molar-refractivity contribution in [3.05, 3.63) is 0 Å². The van der Waals surface area contributed by atoms with Crippen LogP contribution in [-0.4, -0.2) is 43.2 Å². The Kier molecular flexibility index (Phi) is 2.49. The van der Waals surface area contributed by atoms with E-state index in [9.17, 15) is 4.79 Å². The Morgan fingerprint density at radius 3 is 2.86 bits per heavy atom. The van der Waals surface area contributed by atoms with Gasteiger partial charge >= 0.3 is 0 Å². The van der Waals surface area contributed by atoms with Crippen LogP contribution in [0.1, 0.15) is 19.3 Å². The maximum absolute atomic E-state index is 12.0. The molecule has 1 amide bonds. The van der Waals surface area contributed by atoms with E-state index in [4.69, 9.17) is 10.5 Å². The molecule has 0 bridgehead atoms. The summed E-state index contributed by atoms with van der Waals surface area (Å²) in [7, 11) is 1.84. The summed E-state index contributed by atoms with van der Waals surface area (Å²) in [6.07, 6.45) is 3.16. The molecule has 2 rings (SSSR count). The predicted octanol–water partition coefficient (Wildman–Crippen LogP) is -0.0274. The zero-order valence-corrected chi connectivity index (χ0v) is 8.66. The lowest BCUT2D eigenvalue weighted by Gasteiger charge is -2.27. The summed E-state index contributed by atoms with van der Waals surface area (Å²) in [6.45, 7) is 1.85. The van der Waals surface area contributed by atoms with E-state index in [2.05, 4.69) is 0 Å². The lowest BCUT2D eigenvalue weighted by Crippen LogP contribution is -2.55. The zero-order valence-electron chi connectivity index (χ0n) is 8.66. The first-order chi connectivity index (χ1) is 6.62. The van der Waals surface area contributed by atoms with E-state index in [0.717, 1.165) is 12.5 Å². The Balaban J connectivity index is 1.91. The highest BCUT2D eigenvalue weighted by molar-refractivity contribution is 5.86. The number of rotatable bonds is 3. The first-order valence-corrected chi connectivity index (χ1v) is 5.24. The van der Waals surface area contributed by atoms with Crippen LogP contribution in [0.3, 0.4) is 0 Å². The molecule has 0 aromatic carbocycles. The Hall–Kier alpha value is -0.610. The van der Waals surface area contributed by atoms with Gasteiger partial charge in [0, 0.05) is 20.2 Å². The molecule has 4 nitrogen and oxygen atoms in total. The molecule has 1 atom stereocenters. The second kappa shape index (κ2) is 3.51. The van der Waals surface area contributed by atoms with Crippen molar-refractivity contribution in [1.29, 1.82) is 0 Å². The van der Waals surface area contributed by atoms with Crippen LogP contribution >= 0.6 is 0 Å². The van der Waals surface area contributed by atoms with Crippen molar-refractivity contribution >= 4 is 5.91 Å². The van der Waals surface area contributed by atoms with Gasteiger partial charge in [0.1, 0.15) is 5.54 Å². The summed E-state index contributed by atoms with van der Waals surface area (Å²) >= 11 is 0. The molecule has 0 aromatic rings. The average Bonchev–Trinajstić information content (AvgIpc) is 2.85. The van der Waals surface area contributed by atoms with Gasteiger partial charge in [-0.2, -0.15) is 0 Å². The van der Waals surface area contributed by atoms with Crippen LogP contribution < -0.4 is 5.73 Å². The van der Waals surface area contributed by atoms with Crippen LogP contribution in [0, 0.1) is 5.92 Å². The SMILES string of the molecule is CN(CC1CC1)C(=O)C1(N)CCOC1. The van der Waals surface area contributed by atoms with E-state index in [1.807, 2.05) is 7.05 Å². The smallest absolute Gasteiger partial charge is 0.244 e. The Morgan fingerprint density at radius 1 is 1.64 bits per heavy atom. The fourth-order valence-corrected chi connectivity index (χ4v) is 1.90. The molecule has 2 aliphatic rings. The van der Waals surface area contributed by atoms with Crippen LogP contribution in [0.15, 0.2) is 0 Å². The second-order valence-corrected chi connectivity index (χ2v) is 4.59. The van der Waals surface area contributed by atoms with Gasteiger partial charge < -0.3 is 15.4 Å². The molecule has 2 N–H and O–H groups in total. The van der Waals surface area contributed by atoms with Crippen LogP contribution in [0.4, 0.5) is 0 Å². The van der Waals surface area contributed by atoms with Gasteiger partial charge in [0.25, 0.3) is 0 Å². The molecule has 0 spiro atoms. The van der Waals surface area contributed by atoms with Gasteiger partial charge in [-0.15, -0.1) is 0 Å². The molecule has 1 unspecified atom stereocenters. The third kappa shape index (κ3) is 1.91. The third-order valence-corrected chi connectivity index (χ3v) is 3.05. The summed E-state index contributed by atoms with van der Waals surface area (Å²) in [5.74, 6) is 0.761. The fraction of sp³-hybridized carbons (Fsp3) is 0.900. The minimum Gasteiger partial charge on any atom is -0.379 e. The summed E-state index contributed by atoms with van der Waals surface area (Å²) < 4.78 is 5.18. The van der Waals surface area contributed by atoms with Crippen molar-refractivity contribution in [2.45, 2.75) is 24.8 Å². The normalized spacial score (nSPS) is 31.9. The number of hydrogen-bond acceptors (Lipinski definition) is 3. The van der Waals surface area contributed by atoms with Gasteiger partial charge in [0.2, 0.25) is 5.91 Å². The van der Waals surface area contributed by atoms with E-state index >= 15 is 0 Å². The first kappa shape index (κ1) is 9.93. The van der Waals surface area contributed by atoms with Crippen molar-refractivity contribution in [2.75, 3.05) is 26.8 Å². The molecule has 80 valence electrons. The summed E-state index contributed by atoms with van der Waals surface area (Å²) in [6, 6.07) is 0. The second-order valence-electron chi connectivity index (χ2n) is 4.59. The molecular weight excluding hydrogens is 180 g/mol. The largest absolute Gasteiger partial charge is 0.379 e. The van der Waals surface area contributed by atoms with Crippen LogP contribution in [0.25, 0.3) is 0 Å². The van der Waals surface area contributed by atoms with E-state index in [-0.39, 0.29) is 5.91 Å². The van der Waals surface area contributed by atoms with Crippen molar-refractivity contribution in [3.8, 4) is 0 Å². The maximum Gasteiger partial charge on any atom is 0.244 e. The topological polar surface area (TPSA) is 55.6 Å². The summed E-state index contributed by atoms with van der Waals surface area (Å²) in [5, 5.41) is 0. The minimum absolute atomic E-state index is 0.0434. The average molecular weight is 198 g/mol. The van der Waals surface area contributed by atoms with Gasteiger partial charge in [-0.3, -0.25) is 4.79 Å². The molecule has 0 radical (unpaired) electrons. The molecule has 0 aromatic heterocycles. The number of likely N-dealkylation sites (N-methyl/N-ethyl adjacent to an activating group) is 1. The quantitative estimate of drug-likeness (QED) is 0.693. The highest BCUT2D eigenvalue weighted by atomic mass is 16.5. The number of hydrogen-bond donors (Lipinski definition) is 1. The number of ether oxygens (including phenoxy) is 1. The molecular formula is C10H18N2O2. The monoisotopic (exact) mass is 198 g/mol. The molecule has 2 fully saturated rings. The molecule has 1 aliphatic carbocycles. The van der Waals surface area contributed by atoms with Crippen molar-refractivity contribution in [3.63, 3.8) is 0 Å². The summed E-state index contributed by atoms with van der Waals surface area (Å²) in [4.78, 5) is 13.7. The molecule has 1 aliphatic heterocycles. The van der Waals surface area contributed by atoms with Crippen LogP contribution in [0.5, 0.6) is 0 Å². The van der Waals surface area contributed by atoms with E-state index in [1.54, 1.807) is 4.90 Å². The molecule has 1 saturated carbocycles. The van der Waals surface area contributed by atoms with Gasteiger partial charge in [-0.05, 0) is 25.2 Å². The fourth-order valence-electron chi connectivity index (χ4n) is 1.90. The van der Waals surface area contributed by atoms with Gasteiger partial charge in [0.05, 0.1) is 6.61 Å². The Bertz CT molecular complexity index is 232. The van der Waals surface area contributed by atoms with Crippen LogP contribution in [0.2, 0.25) is 0 Å². The van der Waals surface area contributed by atoms with Gasteiger partial charge in [-0.25, -0.2) is 0 Å². The Morgan fingerprint density at radius 2 is 2.36 bits per heavy atom. The lowest BCUT2D eigenvalue weighted by atomic mass is 9.98. The highest BCUT2D eigenvalue weighted by Crippen LogP contribution is 2.30. The number of carbonyl (C=O) groups is 1. The lowest BCUT2D eigenvalue weighted by molar-refractivity contribution is -0.135. The van der Waals surface area contributed by atoms with Crippen molar-refractivity contribution < 1.29 is 9.53 Å². The highest BCUT2D eigenvalue weighted by Gasteiger charge is 2.41. The zero-order chi connectivity index (χ0) is 10.2. The minimum atomic E-state index is -0.746. The standard InChI is InChI=1S/C10H18N2O2/c1-12(6-8-2-3-8)9(13)10(11)4-5-14-7-10/h8H,2-7,11H2,1H3. The third-order valence-electron chi connectivity index (χ3n) is 3.05. The van der Waals surface area contributed by atoms with E-state index < -0.39 is 5.54 Å². The predicted molar refractivity (Wildman–Crippen MR) is 52.7 cm³/mol. The van der Waals surface area contributed by atoms with Gasteiger partial charge in [0.15, 0.2) is 0 Å². The first-order valence-electron chi connectivity index (χ1n) is 5.24. The van der Waals surface area contributed by atoms with E-state index in [1.165, 1.54) is 12.8 Å². The van der Waals surface area contributed by atoms with E-state index in [0.29, 0.717) is 19.6 Å². The summed E-state index contributed by atoms with van der Waals surface area (Å²) in [5.41, 5.74) is 5.24. The molecule has 1 saturated heterocycles. The van der Waals surface area contributed by atoms with Crippen LogP contribution in [-0.2, 0) is 9.53 Å².